The standard InChI is InChI=1S/C18H13N3O4S/c1-3-10-20-16-14(25-2)8-5-9-15(16)26-18(20)19-17(22)12-6-4-7-13(11-12)21(23)24/h1,4-9,11H,10H2,2H3. The predicted molar refractivity (Wildman–Crippen MR) is 98.2 cm³/mol. The minimum atomic E-state index is -0.579. The molecule has 0 aliphatic heterocycles. The molecule has 1 heterocycles. The number of rotatable bonds is 4. The first-order valence-corrected chi connectivity index (χ1v) is 8.30. The van der Waals surface area contributed by atoms with Gasteiger partial charge in [-0.15, -0.1) is 6.42 Å². The van der Waals surface area contributed by atoms with Crippen molar-refractivity contribution in [3.05, 3.63) is 62.9 Å². The molecule has 0 radical (unpaired) electrons. The van der Waals surface area contributed by atoms with Crippen LogP contribution in [0.5, 0.6) is 5.75 Å². The van der Waals surface area contributed by atoms with E-state index in [1.54, 1.807) is 17.7 Å². The fraction of sp³-hybridized carbons (Fsp3) is 0.111. The second-order valence-corrected chi connectivity index (χ2v) is 6.22. The first-order chi connectivity index (χ1) is 12.5. The van der Waals surface area contributed by atoms with E-state index in [2.05, 4.69) is 10.9 Å². The lowest BCUT2D eigenvalue weighted by molar-refractivity contribution is -0.384. The van der Waals surface area contributed by atoms with Crippen LogP contribution in [0.4, 0.5) is 5.69 Å². The van der Waals surface area contributed by atoms with Crippen LogP contribution in [0, 0.1) is 22.5 Å². The zero-order valence-corrected chi connectivity index (χ0v) is 14.5. The minimum Gasteiger partial charge on any atom is -0.495 e. The van der Waals surface area contributed by atoms with Crippen molar-refractivity contribution in [1.82, 2.24) is 4.57 Å². The van der Waals surface area contributed by atoms with Gasteiger partial charge >= 0.3 is 0 Å². The van der Waals surface area contributed by atoms with Gasteiger partial charge in [0.2, 0.25) is 0 Å². The molecule has 0 spiro atoms. The lowest BCUT2D eigenvalue weighted by Crippen LogP contribution is -2.16. The molecule has 0 fully saturated rings. The van der Waals surface area contributed by atoms with Gasteiger partial charge in [0.25, 0.3) is 11.6 Å². The lowest BCUT2D eigenvalue weighted by Gasteiger charge is -2.05. The van der Waals surface area contributed by atoms with Crippen LogP contribution in [0.2, 0.25) is 0 Å². The topological polar surface area (TPSA) is 86.7 Å². The van der Waals surface area contributed by atoms with E-state index in [0.29, 0.717) is 10.6 Å². The summed E-state index contributed by atoms with van der Waals surface area (Å²) in [6.45, 7) is 0.210. The third-order valence-corrected chi connectivity index (χ3v) is 4.68. The highest BCUT2D eigenvalue weighted by Gasteiger charge is 2.14. The van der Waals surface area contributed by atoms with Crippen molar-refractivity contribution in [1.29, 1.82) is 0 Å². The number of terminal acetylenes is 1. The van der Waals surface area contributed by atoms with Gasteiger partial charge in [0.05, 0.1) is 23.3 Å². The summed E-state index contributed by atoms with van der Waals surface area (Å²) >= 11 is 1.29. The number of nitrogens with zero attached hydrogens (tertiary/aromatic N) is 3. The van der Waals surface area contributed by atoms with Gasteiger partial charge in [-0.25, -0.2) is 0 Å². The number of ether oxygens (including phenoxy) is 1. The number of thiazole rings is 1. The third-order valence-electron chi connectivity index (χ3n) is 3.63. The predicted octanol–water partition coefficient (Wildman–Crippen LogP) is 2.99. The van der Waals surface area contributed by atoms with E-state index in [-0.39, 0.29) is 17.8 Å². The summed E-state index contributed by atoms with van der Waals surface area (Å²) < 4.78 is 7.96. The molecule has 3 rings (SSSR count). The van der Waals surface area contributed by atoms with Crippen LogP contribution >= 0.6 is 11.3 Å². The Bertz CT molecular complexity index is 1120. The summed E-state index contributed by atoms with van der Waals surface area (Å²) in [5, 5.41) is 10.9. The fourth-order valence-corrected chi connectivity index (χ4v) is 3.53. The second-order valence-electron chi connectivity index (χ2n) is 5.21. The molecule has 0 saturated heterocycles. The number of hydrogen-bond donors (Lipinski definition) is 0. The van der Waals surface area contributed by atoms with Gasteiger partial charge in [0.15, 0.2) is 4.80 Å². The van der Waals surface area contributed by atoms with Gasteiger partial charge in [0, 0.05) is 17.7 Å². The molecule has 0 aliphatic carbocycles. The third kappa shape index (κ3) is 3.20. The Labute approximate surface area is 152 Å². The van der Waals surface area contributed by atoms with E-state index in [1.165, 1.54) is 35.6 Å². The number of amides is 1. The molecule has 8 heteroatoms. The molecule has 0 bridgehead atoms. The van der Waals surface area contributed by atoms with Crippen molar-refractivity contribution in [3.63, 3.8) is 0 Å². The Morgan fingerprint density at radius 2 is 2.15 bits per heavy atom. The number of hydrogen-bond acceptors (Lipinski definition) is 5. The van der Waals surface area contributed by atoms with Gasteiger partial charge < -0.3 is 9.30 Å². The molecular weight excluding hydrogens is 354 g/mol. The normalized spacial score (nSPS) is 11.3. The molecule has 26 heavy (non-hydrogen) atoms. The number of fused-ring (bicyclic) bond motifs is 1. The monoisotopic (exact) mass is 367 g/mol. The molecule has 0 unspecified atom stereocenters. The number of nitro groups is 1. The van der Waals surface area contributed by atoms with Crippen LogP contribution in [0.3, 0.4) is 0 Å². The smallest absolute Gasteiger partial charge is 0.279 e. The van der Waals surface area contributed by atoms with Crippen LogP contribution in [-0.2, 0) is 6.54 Å². The summed E-state index contributed by atoms with van der Waals surface area (Å²) in [7, 11) is 1.55. The summed E-state index contributed by atoms with van der Waals surface area (Å²) in [5.41, 5.74) is 0.722. The van der Waals surface area contributed by atoms with E-state index in [1.807, 2.05) is 12.1 Å². The van der Waals surface area contributed by atoms with Gasteiger partial charge in [-0.1, -0.05) is 29.4 Å². The van der Waals surface area contributed by atoms with E-state index in [0.717, 1.165) is 10.2 Å². The van der Waals surface area contributed by atoms with Crippen molar-refractivity contribution >= 4 is 33.1 Å². The number of carbonyl (C=O) groups is 1. The number of para-hydroxylation sites is 1. The average molecular weight is 367 g/mol. The lowest BCUT2D eigenvalue weighted by atomic mass is 10.2. The molecule has 0 aliphatic rings. The van der Waals surface area contributed by atoms with Crippen LogP contribution in [0.25, 0.3) is 10.2 Å². The molecule has 0 saturated carbocycles. The quantitative estimate of drug-likeness (QED) is 0.403. The maximum absolute atomic E-state index is 12.5. The highest BCUT2D eigenvalue weighted by Crippen LogP contribution is 2.27. The number of aromatic nitrogens is 1. The highest BCUT2D eigenvalue weighted by molar-refractivity contribution is 7.16. The number of carbonyl (C=O) groups excluding carboxylic acids is 1. The van der Waals surface area contributed by atoms with Gasteiger partial charge in [-0.3, -0.25) is 14.9 Å². The number of benzene rings is 2. The first-order valence-electron chi connectivity index (χ1n) is 7.48. The summed E-state index contributed by atoms with van der Waals surface area (Å²) in [5.74, 6) is 2.59. The maximum atomic E-state index is 12.5. The summed E-state index contributed by atoms with van der Waals surface area (Å²) in [4.78, 5) is 27.4. The van der Waals surface area contributed by atoms with Crippen molar-refractivity contribution < 1.29 is 14.5 Å². The molecule has 1 amide bonds. The van der Waals surface area contributed by atoms with Crippen molar-refractivity contribution in [2.45, 2.75) is 6.54 Å². The Kier molecular flexibility index (Phi) is 4.82. The molecular formula is C18H13N3O4S. The zero-order chi connectivity index (χ0) is 18.7. The van der Waals surface area contributed by atoms with E-state index < -0.39 is 10.8 Å². The molecule has 2 aromatic carbocycles. The summed E-state index contributed by atoms with van der Waals surface area (Å²) in [6.07, 6.45) is 5.46. The Morgan fingerprint density at radius 3 is 2.85 bits per heavy atom. The number of methoxy groups -OCH3 is 1. The van der Waals surface area contributed by atoms with Crippen molar-refractivity contribution in [2.75, 3.05) is 7.11 Å². The Balaban J connectivity index is 2.17. The average Bonchev–Trinajstić information content (AvgIpc) is 2.99. The Hall–Kier alpha value is -3.44. The zero-order valence-electron chi connectivity index (χ0n) is 13.7. The Morgan fingerprint density at radius 1 is 1.38 bits per heavy atom. The van der Waals surface area contributed by atoms with Crippen LogP contribution in [0.15, 0.2) is 47.5 Å². The van der Waals surface area contributed by atoms with E-state index in [4.69, 9.17) is 11.2 Å². The van der Waals surface area contributed by atoms with Crippen LogP contribution in [0.1, 0.15) is 10.4 Å². The van der Waals surface area contributed by atoms with E-state index in [9.17, 15) is 14.9 Å². The second kappa shape index (κ2) is 7.21. The fourth-order valence-electron chi connectivity index (χ4n) is 2.49. The number of nitro benzene ring substituents is 1. The van der Waals surface area contributed by atoms with Crippen molar-refractivity contribution in [3.8, 4) is 18.1 Å². The highest BCUT2D eigenvalue weighted by atomic mass is 32.1. The molecule has 0 N–H and O–H groups in total. The van der Waals surface area contributed by atoms with Crippen molar-refractivity contribution in [2.24, 2.45) is 4.99 Å². The molecule has 130 valence electrons. The van der Waals surface area contributed by atoms with Gasteiger partial charge in [0.1, 0.15) is 11.3 Å². The van der Waals surface area contributed by atoms with Crippen LogP contribution < -0.4 is 9.54 Å². The number of non-ortho nitro benzene ring substituents is 1. The minimum absolute atomic E-state index is 0.135. The largest absolute Gasteiger partial charge is 0.495 e. The molecule has 1 aromatic heterocycles. The van der Waals surface area contributed by atoms with Gasteiger partial charge in [-0.2, -0.15) is 4.99 Å². The summed E-state index contributed by atoms with van der Waals surface area (Å²) in [6, 6.07) is 11.0. The molecule has 0 atom stereocenters. The van der Waals surface area contributed by atoms with E-state index >= 15 is 0 Å². The molecule has 7 nitrogen and oxygen atoms in total. The first kappa shape index (κ1) is 17.4. The SMILES string of the molecule is C#CCn1c(=NC(=O)c2cccc([N+](=O)[O-])c2)sc2cccc(OC)c21. The maximum Gasteiger partial charge on any atom is 0.279 e. The molecule has 3 aromatic rings. The van der Waals surface area contributed by atoms with Gasteiger partial charge in [-0.05, 0) is 18.2 Å². The van der Waals surface area contributed by atoms with Crippen LogP contribution in [-0.4, -0.2) is 22.5 Å².